The summed E-state index contributed by atoms with van der Waals surface area (Å²) in [6, 6.07) is 7.17. The van der Waals surface area contributed by atoms with Gasteiger partial charge >= 0.3 is 0 Å². The molecular weight excluding hydrogens is 338 g/mol. The number of carbonyl (C=O) groups excluding carboxylic acids is 2. The highest BCUT2D eigenvalue weighted by atomic mass is 79.9. The van der Waals surface area contributed by atoms with E-state index in [-0.39, 0.29) is 24.4 Å². The molecule has 1 aliphatic rings. The number of rotatable bonds is 5. The molecule has 1 atom stereocenters. The van der Waals surface area contributed by atoms with Crippen LogP contribution in [0.4, 0.5) is 0 Å². The molecular formula is C14H18BrN3O3. The third-order valence-electron chi connectivity index (χ3n) is 3.20. The fourth-order valence-electron chi connectivity index (χ4n) is 1.95. The molecule has 2 amide bonds. The van der Waals surface area contributed by atoms with Crippen LogP contribution in [0.5, 0.6) is 5.75 Å². The second-order valence-electron chi connectivity index (χ2n) is 4.80. The van der Waals surface area contributed by atoms with Crippen LogP contribution >= 0.6 is 15.9 Å². The summed E-state index contributed by atoms with van der Waals surface area (Å²) in [6.45, 7) is 1.42. The van der Waals surface area contributed by atoms with Gasteiger partial charge in [-0.1, -0.05) is 15.9 Å². The highest BCUT2D eigenvalue weighted by Crippen LogP contribution is 2.15. The van der Waals surface area contributed by atoms with E-state index in [4.69, 9.17) is 4.74 Å². The first-order chi connectivity index (χ1) is 10.1. The number of nitrogens with zero attached hydrogens (tertiary/aromatic N) is 1. The van der Waals surface area contributed by atoms with Crippen LogP contribution in [0, 0.1) is 0 Å². The van der Waals surface area contributed by atoms with Crippen molar-refractivity contribution in [3.05, 3.63) is 28.7 Å². The van der Waals surface area contributed by atoms with Crippen molar-refractivity contribution in [2.24, 2.45) is 0 Å². The number of hydrogen-bond donors (Lipinski definition) is 2. The number of nitrogens with one attached hydrogen (secondary N) is 2. The van der Waals surface area contributed by atoms with Gasteiger partial charge in [0.05, 0.1) is 13.1 Å². The van der Waals surface area contributed by atoms with E-state index in [1.807, 2.05) is 24.3 Å². The number of piperazine rings is 1. The highest BCUT2D eigenvalue weighted by Gasteiger charge is 2.25. The molecule has 1 fully saturated rings. The minimum Gasteiger partial charge on any atom is -0.492 e. The van der Waals surface area contributed by atoms with Gasteiger partial charge in [-0.15, -0.1) is 0 Å². The molecule has 1 unspecified atom stereocenters. The van der Waals surface area contributed by atoms with E-state index in [2.05, 4.69) is 26.6 Å². The maximum absolute atomic E-state index is 12.1. The average molecular weight is 356 g/mol. The molecule has 0 aliphatic carbocycles. The molecule has 1 aromatic rings. The molecule has 1 heterocycles. The number of benzene rings is 1. The lowest BCUT2D eigenvalue weighted by molar-refractivity contribution is -0.134. The normalized spacial score (nSPS) is 18.0. The van der Waals surface area contributed by atoms with E-state index in [1.165, 1.54) is 0 Å². The molecule has 0 radical (unpaired) electrons. The molecule has 114 valence electrons. The monoisotopic (exact) mass is 355 g/mol. The number of halogens is 1. The molecule has 2 N–H and O–H groups in total. The number of ether oxygens (including phenoxy) is 1. The molecule has 1 aliphatic heterocycles. The smallest absolute Gasteiger partial charge is 0.241 e. The van der Waals surface area contributed by atoms with E-state index >= 15 is 0 Å². The molecule has 1 saturated heterocycles. The Labute approximate surface area is 132 Å². The second-order valence-corrected chi connectivity index (χ2v) is 5.72. The van der Waals surface area contributed by atoms with Crippen molar-refractivity contribution in [1.29, 1.82) is 0 Å². The molecule has 7 heteroatoms. The Hall–Kier alpha value is -1.60. The fourth-order valence-corrected chi connectivity index (χ4v) is 2.21. The second kappa shape index (κ2) is 7.42. The molecule has 0 saturated carbocycles. The Morgan fingerprint density at radius 1 is 1.43 bits per heavy atom. The summed E-state index contributed by atoms with van der Waals surface area (Å²) in [5, 5.41) is 5.59. The SMILES string of the molecule is CN(CCOc1ccc(Br)cc1)C(=O)C1CNC(=O)CN1. The molecule has 1 aromatic carbocycles. The first-order valence-electron chi connectivity index (χ1n) is 6.69. The van der Waals surface area contributed by atoms with Crippen molar-refractivity contribution in [3.63, 3.8) is 0 Å². The zero-order valence-electron chi connectivity index (χ0n) is 11.8. The van der Waals surface area contributed by atoms with Crippen molar-refractivity contribution in [2.45, 2.75) is 6.04 Å². The van der Waals surface area contributed by atoms with Crippen LogP contribution in [0.25, 0.3) is 0 Å². The van der Waals surface area contributed by atoms with Crippen molar-refractivity contribution in [1.82, 2.24) is 15.5 Å². The van der Waals surface area contributed by atoms with Gasteiger partial charge in [0.1, 0.15) is 18.4 Å². The third kappa shape index (κ3) is 4.71. The Balaban J connectivity index is 1.73. The van der Waals surface area contributed by atoms with Gasteiger partial charge in [0.25, 0.3) is 0 Å². The first kappa shape index (κ1) is 15.8. The minimum atomic E-state index is -0.361. The van der Waals surface area contributed by atoms with Crippen LogP contribution < -0.4 is 15.4 Å². The summed E-state index contributed by atoms with van der Waals surface area (Å²) in [5.41, 5.74) is 0. The van der Waals surface area contributed by atoms with Gasteiger partial charge in [-0.3, -0.25) is 14.9 Å². The van der Waals surface area contributed by atoms with Crippen LogP contribution in [0.1, 0.15) is 0 Å². The zero-order valence-corrected chi connectivity index (χ0v) is 13.4. The standard InChI is InChI=1S/C14H18BrN3O3/c1-18(14(20)12-8-17-13(19)9-16-12)6-7-21-11-4-2-10(15)3-5-11/h2-5,12,16H,6-9H2,1H3,(H,17,19). The zero-order chi connectivity index (χ0) is 15.2. The van der Waals surface area contributed by atoms with Gasteiger partial charge < -0.3 is 15.0 Å². The average Bonchev–Trinajstić information content (AvgIpc) is 2.49. The van der Waals surface area contributed by atoms with Crippen molar-refractivity contribution in [2.75, 3.05) is 33.3 Å². The Kier molecular flexibility index (Phi) is 5.58. The van der Waals surface area contributed by atoms with Crippen LogP contribution in [-0.4, -0.2) is 56.0 Å². The summed E-state index contributed by atoms with van der Waals surface area (Å²) >= 11 is 3.36. The molecule has 0 spiro atoms. The van der Waals surface area contributed by atoms with Gasteiger partial charge in [0.2, 0.25) is 11.8 Å². The third-order valence-corrected chi connectivity index (χ3v) is 3.72. The summed E-state index contributed by atoms with van der Waals surface area (Å²) in [5.74, 6) is 0.636. The topological polar surface area (TPSA) is 70.7 Å². The van der Waals surface area contributed by atoms with E-state index in [0.717, 1.165) is 10.2 Å². The lowest BCUT2D eigenvalue weighted by Crippen LogP contribution is -2.58. The van der Waals surface area contributed by atoms with E-state index in [9.17, 15) is 9.59 Å². The van der Waals surface area contributed by atoms with Crippen LogP contribution in [0.2, 0.25) is 0 Å². The summed E-state index contributed by atoms with van der Waals surface area (Å²) in [6.07, 6.45) is 0. The van der Waals surface area contributed by atoms with Crippen molar-refractivity contribution >= 4 is 27.7 Å². The van der Waals surface area contributed by atoms with E-state index in [1.54, 1.807) is 11.9 Å². The molecule has 0 bridgehead atoms. The molecule has 0 aromatic heterocycles. The van der Waals surface area contributed by atoms with E-state index in [0.29, 0.717) is 19.7 Å². The molecule has 6 nitrogen and oxygen atoms in total. The largest absolute Gasteiger partial charge is 0.492 e. The maximum Gasteiger partial charge on any atom is 0.241 e. The van der Waals surface area contributed by atoms with Crippen LogP contribution in [0.15, 0.2) is 28.7 Å². The quantitative estimate of drug-likeness (QED) is 0.800. The Morgan fingerprint density at radius 2 is 2.14 bits per heavy atom. The van der Waals surface area contributed by atoms with Crippen LogP contribution in [-0.2, 0) is 9.59 Å². The Bertz CT molecular complexity index is 497. The van der Waals surface area contributed by atoms with Gasteiger partial charge in [0, 0.05) is 18.1 Å². The van der Waals surface area contributed by atoms with Crippen LogP contribution in [0.3, 0.4) is 0 Å². The van der Waals surface area contributed by atoms with Crippen molar-refractivity contribution < 1.29 is 14.3 Å². The molecule has 21 heavy (non-hydrogen) atoms. The maximum atomic E-state index is 12.1. The van der Waals surface area contributed by atoms with Gasteiger partial charge in [-0.2, -0.15) is 0 Å². The lowest BCUT2D eigenvalue weighted by Gasteiger charge is -2.27. The summed E-state index contributed by atoms with van der Waals surface area (Å²) in [7, 11) is 1.73. The predicted octanol–water partition coefficient (Wildman–Crippen LogP) is 0.374. The number of carbonyl (C=O) groups is 2. The Morgan fingerprint density at radius 3 is 2.76 bits per heavy atom. The minimum absolute atomic E-state index is 0.0468. The van der Waals surface area contributed by atoms with E-state index < -0.39 is 0 Å². The predicted molar refractivity (Wildman–Crippen MR) is 82.1 cm³/mol. The fraction of sp³-hybridized carbons (Fsp3) is 0.429. The first-order valence-corrected chi connectivity index (χ1v) is 7.49. The lowest BCUT2D eigenvalue weighted by atomic mass is 10.2. The van der Waals surface area contributed by atoms with Gasteiger partial charge in [-0.25, -0.2) is 0 Å². The summed E-state index contributed by atoms with van der Waals surface area (Å²) in [4.78, 5) is 24.8. The number of amides is 2. The summed E-state index contributed by atoms with van der Waals surface area (Å²) < 4.78 is 6.57. The number of hydrogen-bond acceptors (Lipinski definition) is 4. The van der Waals surface area contributed by atoms with Crippen molar-refractivity contribution in [3.8, 4) is 5.75 Å². The van der Waals surface area contributed by atoms with Gasteiger partial charge in [-0.05, 0) is 24.3 Å². The molecule has 2 rings (SSSR count). The highest BCUT2D eigenvalue weighted by molar-refractivity contribution is 9.10. The number of likely N-dealkylation sites (N-methyl/N-ethyl adjacent to an activating group) is 1. The van der Waals surface area contributed by atoms with Gasteiger partial charge in [0.15, 0.2) is 0 Å².